The second-order valence-electron chi connectivity index (χ2n) is 5.21. The van der Waals surface area contributed by atoms with Gasteiger partial charge in [0.2, 0.25) is 12.9 Å². The lowest BCUT2D eigenvalue weighted by Crippen LogP contribution is -2.19. The fourth-order valence-corrected chi connectivity index (χ4v) is 3.18. The number of ether oxygens (including phenoxy) is 3. The average Bonchev–Trinajstić information content (AvgIpc) is 3.09. The van der Waals surface area contributed by atoms with Crippen molar-refractivity contribution in [3.63, 3.8) is 0 Å². The molecule has 1 heterocycles. The fourth-order valence-electron chi connectivity index (χ4n) is 3.18. The number of benzene rings is 1. The first-order valence-electron chi connectivity index (χ1n) is 6.81. The van der Waals surface area contributed by atoms with E-state index in [-0.39, 0.29) is 6.79 Å². The van der Waals surface area contributed by atoms with Crippen LogP contribution in [0.5, 0.6) is 11.5 Å². The molecule has 1 saturated carbocycles. The number of aliphatic imine (C=N–C) groups is 1. The molecule has 0 atom stereocenters. The highest BCUT2D eigenvalue weighted by molar-refractivity contribution is 5.57. The van der Waals surface area contributed by atoms with Crippen LogP contribution < -0.4 is 9.47 Å². The summed E-state index contributed by atoms with van der Waals surface area (Å²) >= 11 is 0. The summed E-state index contributed by atoms with van der Waals surface area (Å²) in [7, 11) is 1.64. The van der Waals surface area contributed by atoms with E-state index < -0.39 is 5.54 Å². The van der Waals surface area contributed by atoms with Crippen molar-refractivity contribution >= 4 is 6.08 Å². The van der Waals surface area contributed by atoms with Gasteiger partial charge in [-0.2, -0.15) is 4.99 Å². The lowest BCUT2D eigenvalue weighted by molar-refractivity contribution is 0.162. The largest absolute Gasteiger partial charge is 0.453 e. The van der Waals surface area contributed by atoms with Crippen molar-refractivity contribution < 1.29 is 19.0 Å². The molecule has 1 aliphatic carbocycles. The van der Waals surface area contributed by atoms with Crippen LogP contribution in [0.3, 0.4) is 0 Å². The van der Waals surface area contributed by atoms with Crippen LogP contribution in [-0.2, 0) is 21.7 Å². The second-order valence-corrected chi connectivity index (χ2v) is 5.21. The fraction of sp³-hybridized carbons (Fsp3) is 0.533. The predicted octanol–water partition coefficient (Wildman–Crippen LogP) is 2.67. The highest BCUT2D eigenvalue weighted by atomic mass is 16.7. The quantitative estimate of drug-likeness (QED) is 0.626. The molecule has 5 heteroatoms. The molecule has 0 unspecified atom stereocenters. The van der Waals surface area contributed by atoms with E-state index in [0.29, 0.717) is 12.4 Å². The number of methoxy groups -OCH3 is 1. The van der Waals surface area contributed by atoms with Crippen molar-refractivity contribution in [1.29, 1.82) is 0 Å². The van der Waals surface area contributed by atoms with E-state index in [1.165, 1.54) is 0 Å². The lowest BCUT2D eigenvalue weighted by atomic mass is 9.87. The molecule has 20 heavy (non-hydrogen) atoms. The third-order valence-corrected chi connectivity index (χ3v) is 4.09. The molecule has 1 fully saturated rings. The molecule has 5 nitrogen and oxygen atoms in total. The standard InChI is InChI=1S/C15H17NO4/c1-18-8-11-4-5-12(14-13(11)19-10-20-14)15(16-9-17)6-2-3-7-15/h4-5H,2-3,6-8,10H2,1H3. The molecule has 3 rings (SSSR count). The van der Waals surface area contributed by atoms with Crippen molar-refractivity contribution in [2.45, 2.75) is 37.8 Å². The Morgan fingerprint density at radius 2 is 2.05 bits per heavy atom. The molecular formula is C15H17NO4. The second kappa shape index (κ2) is 5.27. The van der Waals surface area contributed by atoms with E-state index in [2.05, 4.69) is 4.99 Å². The number of nitrogens with zero attached hydrogens (tertiary/aromatic N) is 1. The van der Waals surface area contributed by atoms with Crippen LogP contribution in [-0.4, -0.2) is 20.0 Å². The summed E-state index contributed by atoms with van der Waals surface area (Å²) in [6.45, 7) is 0.667. The molecule has 1 aliphatic heterocycles. The Bertz CT molecular complexity index is 557. The van der Waals surface area contributed by atoms with Gasteiger partial charge in [0.1, 0.15) is 5.54 Å². The lowest BCUT2D eigenvalue weighted by Gasteiger charge is -2.24. The molecule has 0 N–H and O–H groups in total. The molecule has 2 aliphatic rings. The SMILES string of the molecule is COCc1ccc(C2(N=C=O)CCCC2)c2c1OCO2. The van der Waals surface area contributed by atoms with Crippen LogP contribution >= 0.6 is 0 Å². The zero-order chi connectivity index (χ0) is 14.0. The summed E-state index contributed by atoms with van der Waals surface area (Å²) in [5.74, 6) is 1.43. The van der Waals surface area contributed by atoms with E-state index in [1.54, 1.807) is 13.2 Å². The van der Waals surface area contributed by atoms with Gasteiger partial charge in [0.25, 0.3) is 0 Å². The van der Waals surface area contributed by atoms with E-state index in [1.807, 2.05) is 12.1 Å². The topological polar surface area (TPSA) is 57.1 Å². The molecule has 106 valence electrons. The van der Waals surface area contributed by atoms with Crippen molar-refractivity contribution in [2.24, 2.45) is 4.99 Å². The number of rotatable bonds is 4. The van der Waals surface area contributed by atoms with Crippen LogP contribution in [0.15, 0.2) is 17.1 Å². The first-order chi connectivity index (χ1) is 9.80. The Labute approximate surface area is 117 Å². The minimum Gasteiger partial charge on any atom is -0.453 e. The number of fused-ring (bicyclic) bond motifs is 1. The Balaban J connectivity index is 2.10. The zero-order valence-corrected chi connectivity index (χ0v) is 11.5. The first kappa shape index (κ1) is 13.2. The van der Waals surface area contributed by atoms with Gasteiger partial charge in [-0.05, 0) is 12.8 Å². The van der Waals surface area contributed by atoms with Crippen molar-refractivity contribution in [3.8, 4) is 11.5 Å². The van der Waals surface area contributed by atoms with E-state index >= 15 is 0 Å². The molecule has 1 aromatic carbocycles. The molecule has 0 spiro atoms. The third-order valence-electron chi connectivity index (χ3n) is 4.09. The van der Waals surface area contributed by atoms with Gasteiger partial charge in [-0.1, -0.05) is 25.0 Å². The normalized spacial score (nSPS) is 18.9. The van der Waals surface area contributed by atoms with Gasteiger partial charge < -0.3 is 14.2 Å². The summed E-state index contributed by atoms with van der Waals surface area (Å²) < 4.78 is 16.4. The van der Waals surface area contributed by atoms with Crippen LogP contribution in [0, 0.1) is 0 Å². The summed E-state index contributed by atoms with van der Waals surface area (Å²) in [6, 6.07) is 3.95. The Kier molecular flexibility index (Phi) is 3.47. The summed E-state index contributed by atoms with van der Waals surface area (Å²) in [5, 5.41) is 0. The van der Waals surface area contributed by atoms with E-state index in [9.17, 15) is 4.79 Å². The van der Waals surface area contributed by atoms with Crippen molar-refractivity contribution in [3.05, 3.63) is 23.3 Å². The molecule has 0 bridgehead atoms. The highest BCUT2D eigenvalue weighted by Gasteiger charge is 2.40. The van der Waals surface area contributed by atoms with Gasteiger partial charge in [0.15, 0.2) is 11.5 Å². The van der Waals surface area contributed by atoms with Crippen LogP contribution in [0.25, 0.3) is 0 Å². The summed E-state index contributed by atoms with van der Waals surface area (Å²) in [6.07, 6.45) is 5.54. The highest BCUT2D eigenvalue weighted by Crippen LogP contribution is 2.50. The Morgan fingerprint density at radius 1 is 1.30 bits per heavy atom. The Morgan fingerprint density at radius 3 is 2.75 bits per heavy atom. The van der Waals surface area contributed by atoms with Gasteiger partial charge in [0.05, 0.1) is 6.61 Å². The number of hydrogen-bond acceptors (Lipinski definition) is 5. The summed E-state index contributed by atoms with van der Waals surface area (Å²) in [4.78, 5) is 14.9. The smallest absolute Gasteiger partial charge is 0.235 e. The minimum atomic E-state index is -0.495. The van der Waals surface area contributed by atoms with Gasteiger partial charge in [-0.15, -0.1) is 0 Å². The number of isocyanates is 1. The van der Waals surface area contributed by atoms with Crippen LogP contribution in [0.1, 0.15) is 36.8 Å². The van der Waals surface area contributed by atoms with Gasteiger partial charge >= 0.3 is 0 Å². The molecule has 0 amide bonds. The molecule has 0 saturated heterocycles. The van der Waals surface area contributed by atoms with E-state index in [4.69, 9.17) is 14.2 Å². The van der Waals surface area contributed by atoms with E-state index in [0.717, 1.165) is 42.6 Å². The third kappa shape index (κ3) is 1.99. The maximum Gasteiger partial charge on any atom is 0.235 e. The van der Waals surface area contributed by atoms with Gasteiger partial charge in [0, 0.05) is 18.2 Å². The van der Waals surface area contributed by atoms with Crippen molar-refractivity contribution in [2.75, 3.05) is 13.9 Å². The Hall–Kier alpha value is -1.84. The maximum absolute atomic E-state index is 10.8. The monoisotopic (exact) mass is 275 g/mol. The summed E-state index contributed by atoms with van der Waals surface area (Å²) in [5.41, 5.74) is 1.39. The maximum atomic E-state index is 10.8. The van der Waals surface area contributed by atoms with Gasteiger partial charge in [-0.25, -0.2) is 4.79 Å². The van der Waals surface area contributed by atoms with Crippen LogP contribution in [0.4, 0.5) is 0 Å². The molecule has 0 radical (unpaired) electrons. The number of carbonyl (C=O) groups excluding carboxylic acids is 1. The minimum absolute atomic E-state index is 0.198. The van der Waals surface area contributed by atoms with Crippen LogP contribution in [0.2, 0.25) is 0 Å². The average molecular weight is 275 g/mol. The molecule has 0 aromatic heterocycles. The van der Waals surface area contributed by atoms with Gasteiger partial charge in [-0.3, -0.25) is 0 Å². The number of hydrogen-bond donors (Lipinski definition) is 0. The molecule has 1 aromatic rings. The predicted molar refractivity (Wildman–Crippen MR) is 71.5 cm³/mol. The zero-order valence-electron chi connectivity index (χ0n) is 11.5. The van der Waals surface area contributed by atoms with Crippen molar-refractivity contribution in [1.82, 2.24) is 0 Å². The first-order valence-corrected chi connectivity index (χ1v) is 6.81. The molecular weight excluding hydrogens is 258 g/mol.